The lowest BCUT2D eigenvalue weighted by atomic mass is 10.2. The Morgan fingerprint density at radius 2 is 1.95 bits per heavy atom. The molecule has 1 aliphatic heterocycles. The largest absolute Gasteiger partial charge is 0.314 e. The molecule has 3 heterocycles. The topological polar surface area (TPSA) is 49.6 Å². The van der Waals surface area contributed by atoms with E-state index in [1.54, 1.807) is 16.7 Å². The Morgan fingerprint density at radius 3 is 2.67 bits per heavy atom. The summed E-state index contributed by atoms with van der Waals surface area (Å²) in [6.07, 6.45) is 1.79. The van der Waals surface area contributed by atoms with Crippen LogP contribution in [0.1, 0.15) is 11.3 Å². The first-order chi connectivity index (χ1) is 9.22. The second kappa shape index (κ2) is 7.75. The van der Waals surface area contributed by atoms with E-state index in [1.807, 2.05) is 19.1 Å². The van der Waals surface area contributed by atoms with Crippen LogP contribution in [0.25, 0.3) is 5.65 Å². The molecule has 0 atom stereocenters. The second-order valence-electron chi connectivity index (χ2n) is 5.04. The smallest absolute Gasteiger partial charge is 0.258 e. The molecule has 21 heavy (non-hydrogen) atoms. The van der Waals surface area contributed by atoms with Crippen molar-refractivity contribution in [2.45, 2.75) is 13.5 Å². The van der Waals surface area contributed by atoms with Crippen molar-refractivity contribution in [1.82, 2.24) is 19.6 Å². The molecule has 7 heteroatoms. The van der Waals surface area contributed by atoms with Gasteiger partial charge in [0.2, 0.25) is 0 Å². The van der Waals surface area contributed by atoms with Gasteiger partial charge in [0.1, 0.15) is 5.65 Å². The molecule has 0 aromatic carbocycles. The number of pyridine rings is 1. The van der Waals surface area contributed by atoms with Gasteiger partial charge < -0.3 is 5.32 Å². The van der Waals surface area contributed by atoms with Gasteiger partial charge >= 0.3 is 0 Å². The fraction of sp³-hybridized carbons (Fsp3) is 0.429. The van der Waals surface area contributed by atoms with Crippen LogP contribution >= 0.6 is 24.8 Å². The minimum Gasteiger partial charge on any atom is -0.314 e. The first-order valence-electron chi connectivity index (χ1n) is 6.64. The minimum atomic E-state index is -0.00451. The Balaban J connectivity index is 0.00000110. The van der Waals surface area contributed by atoms with Gasteiger partial charge in [-0.05, 0) is 24.6 Å². The SMILES string of the molecule is Cc1ccn2c(=O)cc(CN3CCNCC3)nc2c1.Cl.Cl. The molecule has 2 aromatic rings. The molecule has 0 amide bonds. The number of aryl methyl sites for hydroxylation is 1. The van der Waals surface area contributed by atoms with Crippen LogP contribution in [-0.2, 0) is 6.54 Å². The zero-order valence-electron chi connectivity index (χ0n) is 11.9. The lowest BCUT2D eigenvalue weighted by molar-refractivity contribution is 0.231. The number of piperazine rings is 1. The Hall–Kier alpha value is -1.14. The molecular weight excluding hydrogens is 311 g/mol. The molecule has 2 aromatic heterocycles. The van der Waals surface area contributed by atoms with Crippen LogP contribution in [0, 0.1) is 6.92 Å². The molecule has 0 unspecified atom stereocenters. The van der Waals surface area contributed by atoms with Gasteiger partial charge in [0, 0.05) is 45.0 Å². The van der Waals surface area contributed by atoms with Crippen molar-refractivity contribution < 1.29 is 0 Å². The zero-order valence-corrected chi connectivity index (χ0v) is 13.5. The lowest BCUT2D eigenvalue weighted by Crippen LogP contribution is -2.43. The van der Waals surface area contributed by atoms with Gasteiger partial charge in [-0.15, -0.1) is 24.8 Å². The third-order valence-corrected chi connectivity index (χ3v) is 3.47. The number of rotatable bonds is 2. The summed E-state index contributed by atoms with van der Waals surface area (Å²) < 4.78 is 1.59. The predicted octanol–water partition coefficient (Wildman–Crippen LogP) is 1.25. The van der Waals surface area contributed by atoms with Crippen LogP contribution in [-0.4, -0.2) is 40.5 Å². The summed E-state index contributed by atoms with van der Waals surface area (Å²) in [5.41, 5.74) is 2.71. The van der Waals surface area contributed by atoms with E-state index in [1.165, 1.54) is 0 Å². The van der Waals surface area contributed by atoms with E-state index in [0.717, 1.165) is 49.6 Å². The highest BCUT2D eigenvalue weighted by Gasteiger charge is 2.11. The molecule has 116 valence electrons. The molecule has 0 bridgehead atoms. The summed E-state index contributed by atoms with van der Waals surface area (Å²) in [7, 11) is 0. The van der Waals surface area contributed by atoms with Gasteiger partial charge in [0.25, 0.3) is 5.56 Å². The first-order valence-corrected chi connectivity index (χ1v) is 6.64. The average molecular weight is 331 g/mol. The fourth-order valence-electron chi connectivity index (χ4n) is 2.43. The van der Waals surface area contributed by atoms with Crippen molar-refractivity contribution in [1.29, 1.82) is 0 Å². The van der Waals surface area contributed by atoms with E-state index < -0.39 is 0 Å². The number of hydrogen-bond acceptors (Lipinski definition) is 4. The number of aromatic nitrogens is 2. The van der Waals surface area contributed by atoms with Crippen molar-refractivity contribution in [3.63, 3.8) is 0 Å². The Kier molecular flexibility index (Phi) is 6.61. The molecule has 1 saturated heterocycles. The number of halogens is 2. The Bertz CT molecular complexity index is 653. The summed E-state index contributed by atoms with van der Waals surface area (Å²) in [4.78, 5) is 19.0. The van der Waals surface area contributed by atoms with Crippen LogP contribution in [0.3, 0.4) is 0 Å². The highest BCUT2D eigenvalue weighted by atomic mass is 35.5. The molecule has 1 fully saturated rings. The van der Waals surface area contributed by atoms with Crippen molar-refractivity contribution in [2.24, 2.45) is 0 Å². The van der Waals surface area contributed by atoms with Crippen LogP contribution in [0.2, 0.25) is 0 Å². The Morgan fingerprint density at radius 1 is 1.24 bits per heavy atom. The second-order valence-corrected chi connectivity index (χ2v) is 5.04. The minimum absolute atomic E-state index is 0. The molecule has 1 N–H and O–H groups in total. The summed E-state index contributed by atoms with van der Waals surface area (Å²) >= 11 is 0. The van der Waals surface area contributed by atoms with Crippen LogP contribution < -0.4 is 10.9 Å². The molecule has 0 spiro atoms. The van der Waals surface area contributed by atoms with Gasteiger partial charge in [-0.1, -0.05) is 0 Å². The highest BCUT2D eigenvalue weighted by molar-refractivity contribution is 5.85. The monoisotopic (exact) mass is 330 g/mol. The number of fused-ring (bicyclic) bond motifs is 1. The maximum absolute atomic E-state index is 12.0. The number of nitrogens with zero attached hydrogens (tertiary/aromatic N) is 3. The van der Waals surface area contributed by atoms with Crippen molar-refractivity contribution in [3.8, 4) is 0 Å². The maximum atomic E-state index is 12.0. The van der Waals surface area contributed by atoms with Crippen LogP contribution in [0.4, 0.5) is 0 Å². The van der Waals surface area contributed by atoms with Crippen molar-refractivity contribution in [2.75, 3.05) is 26.2 Å². The van der Waals surface area contributed by atoms with Gasteiger partial charge in [0.15, 0.2) is 0 Å². The lowest BCUT2D eigenvalue weighted by Gasteiger charge is -2.26. The molecule has 0 aliphatic carbocycles. The molecule has 0 radical (unpaired) electrons. The first kappa shape index (κ1) is 17.9. The average Bonchev–Trinajstić information content (AvgIpc) is 2.39. The third kappa shape index (κ3) is 4.17. The quantitative estimate of drug-likeness (QED) is 0.900. The molecule has 5 nitrogen and oxygen atoms in total. The van der Waals surface area contributed by atoms with Gasteiger partial charge in [0.05, 0.1) is 5.69 Å². The van der Waals surface area contributed by atoms with Gasteiger partial charge in [-0.3, -0.25) is 14.1 Å². The van der Waals surface area contributed by atoms with Gasteiger partial charge in [-0.2, -0.15) is 0 Å². The third-order valence-electron chi connectivity index (χ3n) is 3.47. The van der Waals surface area contributed by atoms with Gasteiger partial charge in [-0.25, -0.2) is 4.98 Å². The fourth-order valence-corrected chi connectivity index (χ4v) is 2.43. The molecular formula is C14H20Cl2N4O. The summed E-state index contributed by atoms with van der Waals surface area (Å²) in [5.74, 6) is 0. The standard InChI is InChI=1S/C14H18N4O.2ClH/c1-11-2-5-18-13(8-11)16-12(9-14(18)19)10-17-6-3-15-4-7-17;;/h2,5,8-9,15H,3-4,6-7,10H2,1H3;2*1H. The van der Waals surface area contributed by atoms with E-state index in [-0.39, 0.29) is 30.4 Å². The van der Waals surface area contributed by atoms with Crippen molar-refractivity contribution >= 4 is 30.5 Å². The predicted molar refractivity (Wildman–Crippen MR) is 88.8 cm³/mol. The molecule has 1 aliphatic rings. The summed E-state index contributed by atoms with van der Waals surface area (Å²) in [6.45, 7) is 6.79. The van der Waals surface area contributed by atoms with Crippen LogP contribution in [0.15, 0.2) is 29.2 Å². The van der Waals surface area contributed by atoms with E-state index in [4.69, 9.17) is 0 Å². The normalized spacial score (nSPS) is 15.3. The van der Waals surface area contributed by atoms with E-state index in [9.17, 15) is 4.79 Å². The van der Waals surface area contributed by atoms with Crippen LogP contribution in [0.5, 0.6) is 0 Å². The Labute approximate surface area is 136 Å². The summed E-state index contributed by atoms with van der Waals surface area (Å²) in [6, 6.07) is 5.51. The molecule has 3 rings (SSSR count). The molecule has 0 saturated carbocycles. The van der Waals surface area contributed by atoms with Crippen molar-refractivity contribution in [3.05, 3.63) is 46.0 Å². The maximum Gasteiger partial charge on any atom is 0.258 e. The van der Waals surface area contributed by atoms with E-state index >= 15 is 0 Å². The number of hydrogen-bond donors (Lipinski definition) is 1. The van der Waals surface area contributed by atoms with E-state index in [0.29, 0.717) is 0 Å². The summed E-state index contributed by atoms with van der Waals surface area (Å²) in [5, 5.41) is 3.32. The van der Waals surface area contributed by atoms with E-state index in [2.05, 4.69) is 15.2 Å². The highest BCUT2D eigenvalue weighted by Crippen LogP contribution is 2.05. The zero-order chi connectivity index (χ0) is 13.2. The number of nitrogens with one attached hydrogen (secondary N) is 1.